The Morgan fingerprint density at radius 2 is 1.91 bits per heavy atom. The molecule has 4 aromatic rings. The minimum atomic E-state index is -3.37. The van der Waals surface area contributed by atoms with Crippen molar-refractivity contribution in [3.05, 3.63) is 71.5 Å². The Balaban J connectivity index is 1.69. The Morgan fingerprint density at radius 3 is 2.63 bits per heavy atom. The second kappa shape index (κ2) is 10.4. The van der Waals surface area contributed by atoms with Gasteiger partial charge in [-0.2, -0.15) is 5.10 Å². The zero-order valence-corrected chi connectivity index (χ0v) is 22.7. The van der Waals surface area contributed by atoms with Gasteiger partial charge in [-0.05, 0) is 36.2 Å². The minimum Gasteiger partial charge on any atom is -0.497 e. The van der Waals surface area contributed by atoms with E-state index in [0.717, 1.165) is 49.4 Å². The molecule has 0 aliphatic rings. The van der Waals surface area contributed by atoms with Crippen LogP contribution in [0.1, 0.15) is 30.7 Å². The van der Waals surface area contributed by atoms with Crippen LogP contribution in [0.2, 0.25) is 0 Å². The standard InChI is InChI=1S/C25H28N4O3S3/c1-16(2)33-24-23(19-10-8-11-21(14-19)32-4)26-25(34-24)29-15-20(17(3)27-29)13-18-9-6-7-12-22(18)28-35(5,30)31/h6-12,14-16,28H,13H2,1-5H3. The molecule has 0 radical (unpaired) electrons. The molecule has 0 saturated carbocycles. The summed E-state index contributed by atoms with van der Waals surface area (Å²) >= 11 is 3.39. The Kier molecular flexibility index (Phi) is 7.53. The quantitative estimate of drug-likeness (QED) is 0.277. The molecule has 0 aliphatic carbocycles. The van der Waals surface area contributed by atoms with Gasteiger partial charge in [0.1, 0.15) is 5.75 Å². The molecule has 0 amide bonds. The van der Waals surface area contributed by atoms with E-state index in [1.807, 2.05) is 60.3 Å². The summed E-state index contributed by atoms with van der Waals surface area (Å²) < 4.78 is 34.5. The second-order valence-corrected chi connectivity index (χ2v) is 13.0. The van der Waals surface area contributed by atoms with Gasteiger partial charge >= 0.3 is 0 Å². The molecular formula is C25H28N4O3S3. The highest BCUT2D eigenvalue weighted by Crippen LogP contribution is 2.40. The third kappa shape index (κ3) is 6.25. The number of aryl methyl sites for hydroxylation is 1. The maximum absolute atomic E-state index is 11.8. The Labute approximate surface area is 214 Å². The number of anilines is 1. The van der Waals surface area contributed by atoms with Crippen LogP contribution in [0.3, 0.4) is 0 Å². The molecule has 0 atom stereocenters. The van der Waals surface area contributed by atoms with Crippen molar-refractivity contribution in [2.75, 3.05) is 18.1 Å². The largest absolute Gasteiger partial charge is 0.497 e. The second-order valence-electron chi connectivity index (χ2n) is 8.42. The zero-order chi connectivity index (χ0) is 25.2. The summed E-state index contributed by atoms with van der Waals surface area (Å²) in [6.07, 6.45) is 3.68. The molecule has 2 aromatic carbocycles. The van der Waals surface area contributed by atoms with E-state index < -0.39 is 10.0 Å². The number of hydrogen-bond donors (Lipinski definition) is 1. The van der Waals surface area contributed by atoms with Crippen molar-refractivity contribution in [2.45, 2.75) is 36.7 Å². The van der Waals surface area contributed by atoms with Gasteiger partial charge in [0.25, 0.3) is 0 Å². The number of aromatic nitrogens is 3. The van der Waals surface area contributed by atoms with Gasteiger partial charge in [0.2, 0.25) is 15.2 Å². The van der Waals surface area contributed by atoms with Crippen LogP contribution in [0.5, 0.6) is 5.75 Å². The van der Waals surface area contributed by atoms with Crippen molar-refractivity contribution in [1.82, 2.24) is 14.8 Å². The first-order valence-electron chi connectivity index (χ1n) is 11.1. The average Bonchev–Trinajstić information content (AvgIpc) is 3.37. The lowest BCUT2D eigenvalue weighted by molar-refractivity contribution is 0.415. The molecule has 0 unspecified atom stereocenters. The number of para-hydroxylation sites is 1. The fraction of sp³-hybridized carbons (Fsp3) is 0.280. The van der Waals surface area contributed by atoms with Crippen LogP contribution in [0, 0.1) is 6.92 Å². The molecule has 2 heterocycles. The summed E-state index contributed by atoms with van der Waals surface area (Å²) in [6.45, 7) is 6.29. The lowest BCUT2D eigenvalue weighted by Gasteiger charge is -2.10. The Hall–Kier alpha value is -2.82. The predicted molar refractivity (Wildman–Crippen MR) is 145 cm³/mol. The minimum absolute atomic E-state index is 0.404. The van der Waals surface area contributed by atoms with Gasteiger partial charge in [0.05, 0.1) is 34.6 Å². The number of thiazole rings is 1. The van der Waals surface area contributed by atoms with Crippen LogP contribution in [0.4, 0.5) is 5.69 Å². The summed E-state index contributed by atoms with van der Waals surface area (Å²) in [6, 6.07) is 15.3. The molecule has 0 aliphatic heterocycles. The number of benzene rings is 2. The van der Waals surface area contributed by atoms with Crippen molar-refractivity contribution in [2.24, 2.45) is 0 Å². The van der Waals surface area contributed by atoms with Crippen LogP contribution in [0.25, 0.3) is 16.4 Å². The van der Waals surface area contributed by atoms with E-state index in [4.69, 9.17) is 14.8 Å². The van der Waals surface area contributed by atoms with Gasteiger partial charge in [-0.3, -0.25) is 4.72 Å². The number of methoxy groups -OCH3 is 1. The molecule has 35 heavy (non-hydrogen) atoms. The van der Waals surface area contributed by atoms with E-state index in [0.29, 0.717) is 17.4 Å². The molecule has 1 N–H and O–H groups in total. The number of thioether (sulfide) groups is 1. The number of nitrogens with one attached hydrogen (secondary N) is 1. The molecule has 184 valence electrons. The van der Waals surface area contributed by atoms with Crippen molar-refractivity contribution in [3.63, 3.8) is 0 Å². The van der Waals surface area contributed by atoms with E-state index in [2.05, 4.69) is 18.6 Å². The van der Waals surface area contributed by atoms with Crippen LogP contribution < -0.4 is 9.46 Å². The lowest BCUT2D eigenvalue weighted by Crippen LogP contribution is -2.11. The third-order valence-corrected chi connectivity index (χ3v) is 8.01. The van der Waals surface area contributed by atoms with Crippen molar-refractivity contribution >= 4 is 38.8 Å². The summed E-state index contributed by atoms with van der Waals surface area (Å²) in [4.78, 5) is 4.96. The number of nitrogens with zero attached hydrogens (tertiary/aromatic N) is 3. The first-order chi connectivity index (χ1) is 16.6. The summed E-state index contributed by atoms with van der Waals surface area (Å²) in [5, 5.41) is 5.92. The third-order valence-electron chi connectivity index (χ3n) is 5.16. The molecule has 0 fully saturated rings. The van der Waals surface area contributed by atoms with Gasteiger partial charge in [-0.15, -0.1) is 11.8 Å². The smallest absolute Gasteiger partial charge is 0.229 e. The maximum atomic E-state index is 11.8. The number of ether oxygens (including phenoxy) is 1. The van der Waals surface area contributed by atoms with Gasteiger partial charge in [-0.1, -0.05) is 55.5 Å². The summed E-state index contributed by atoms with van der Waals surface area (Å²) in [5.41, 5.74) is 5.25. The van der Waals surface area contributed by atoms with E-state index in [1.165, 1.54) is 0 Å². The lowest BCUT2D eigenvalue weighted by atomic mass is 10.0. The average molecular weight is 529 g/mol. The molecular weight excluding hydrogens is 501 g/mol. The van der Waals surface area contributed by atoms with Crippen LogP contribution in [0.15, 0.2) is 58.9 Å². The van der Waals surface area contributed by atoms with Gasteiger partial charge in [0, 0.05) is 23.4 Å². The molecule has 7 nitrogen and oxygen atoms in total. The molecule has 0 spiro atoms. The molecule has 2 aromatic heterocycles. The van der Waals surface area contributed by atoms with Gasteiger partial charge < -0.3 is 4.74 Å². The molecule has 0 bridgehead atoms. The van der Waals surface area contributed by atoms with Crippen LogP contribution >= 0.6 is 23.1 Å². The summed E-state index contributed by atoms with van der Waals surface area (Å²) in [7, 11) is -1.71. The van der Waals surface area contributed by atoms with Gasteiger partial charge in [-0.25, -0.2) is 18.1 Å². The molecule has 4 rings (SSSR count). The molecule has 0 saturated heterocycles. The van der Waals surface area contributed by atoms with Crippen molar-refractivity contribution in [3.8, 4) is 22.1 Å². The van der Waals surface area contributed by atoms with E-state index in [-0.39, 0.29) is 0 Å². The highest BCUT2D eigenvalue weighted by molar-refractivity contribution is 8.01. The highest BCUT2D eigenvalue weighted by Gasteiger charge is 2.19. The maximum Gasteiger partial charge on any atom is 0.229 e. The van der Waals surface area contributed by atoms with Crippen LogP contribution in [-0.4, -0.2) is 41.8 Å². The monoisotopic (exact) mass is 528 g/mol. The number of rotatable bonds is 9. The van der Waals surface area contributed by atoms with E-state index >= 15 is 0 Å². The zero-order valence-electron chi connectivity index (χ0n) is 20.3. The van der Waals surface area contributed by atoms with Crippen molar-refractivity contribution < 1.29 is 13.2 Å². The predicted octanol–water partition coefficient (Wildman–Crippen LogP) is 5.78. The summed E-state index contributed by atoms with van der Waals surface area (Å²) in [5.74, 6) is 0.788. The topological polar surface area (TPSA) is 86.1 Å². The Morgan fingerprint density at radius 1 is 1.14 bits per heavy atom. The van der Waals surface area contributed by atoms with Crippen molar-refractivity contribution in [1.29, 1.82) is 0 Å². The Bertz CT molecular complexity index is 1440. The van der Waals surface area contributed by atoms with Gasteiger partial charge in [0.15, 0.2) is 0 Å². The fourth-order valence-corrected chi connectivity index (χ4v) is 6.63. The fourth-order valence-electron chi connectivity index (χ4n) is 3.59. The highest BCUT2D eigenvalue weighted by atomic mass is 32.2. The van der Waals surface area contributed by atoms with E-state index in [1.54, 1.807) is 36.3 Å². The normalized spacial score (nSPS) is 11.7. The SMILES string of the molecule is COc1cccc(-c2nc(-n3cc(Cc4ccccc4NS(C)(=O)=O)c(C)n3)sc2SC(C)C)c1. The molecule has 10 heteroatoms. The number of hydrogen-bond acceptors (Lipinski definition) is 7. The van der Waals surface area contributed by atoms with E-state index in [9.17, 15) is 8.42 Å². The first-order valence-corrected chi connectivity index (χ1v) is 14.6. The van der Waals surface area contributed by atoms with Crippen LogP contribution in [-0.2, 0) is 16.4 Å². The first kappa shape index (κ1) is 25.3. The number of sulfonamides is 1.